The average Bonchev–Trinajstić information content (AvgIpc) is 2.59. The van der Waals surface area contributed by atoms with Crippen molar-refractivity contribution in [3.05, 3.63) is 41.6 Å². The van der Waals surface area contributed by atoms with Gasteiger partial charge in [-0.15, -0.1) is 0 Å². The van der Waals surface area contributed by atoms with E-state index >= 15 is 0 Å². The van der Waals surface area contributed by atoms with Crippen LogP contribution < -0.4 is 5.32 Å². The first-order valence-corrected chi connectivity index (χ1v) is 8.04. The zero-order valence-corrected chi connectivity index (χ0v) is 13.5. The molecule has 0 spiro atoms. The number of aliphatic carboxylic acids is 1. The molecule has 1 saturated heterocycles. The zero-order chi connectivity index (χ0) is 17.1. The van der Waals surface area contributed by atoms with E-state index in [0.29, 0.717) is 24.3 Å². The van der Waals surface area contributed by atoms with Crippen molar-refractivity contribution in [3.8, 4) is 0 Å². The summed E-state index contributed by atoms with van der Waals surface area (Å²) in [4.78, 5) is 28.7. The predicted molar refractivity (Wildman–Crippen MR) is 88.9 cm³/mol. The number of carboxylic acid groups (broad SMARTS) is 1. The summed E-state index contributed by atoms with van der Waals surface area (Å²) in [5.74, 6) is -1.68. The SMILES string of the molecule is Cc1ccc2cccc(C(=O)NC(C(=O)O)C3CCCOC3)c2n1. The number of hydrogen-bond acceptors (Lipinski definition) is 4. The molecule has 6 heteroatoms. The van der Waals surface area contributed by atoms with E-state index in [1.54, 1.807) is 12.1 Å². The molecule has 0 aliphatic carbocycles. The van der Waals surface area contributed by atoms with Gasteiger partial charge in [-0.3, -0.25) is 9.78 Å². The van der Waals surface area contributed by atoms with E-state index < -0.39 is 17.9 Å². The standard InChI is InChI=1S/C18H20N2O4/c1-11-7-8-12-4-2-6-14(15(12)19-11)17(21)20-16(18(22)23)13-5-3-9-24-10-13/h2,4,6-8,13,16H,3,5,9-10H2,1H3,(H,20,21)(H,22,23). The fourth-order valence-corrected chi connectivity index (χ4v) is 3.06. The van der Waals surface area contributed by atoms with Gasteiger partial charge in [0.05, 0.1) is 17.7 Å². The van der Waals surface area contributed by atoms with Gasteiger partial charge in [0.25, 0.3) is 5.91 Å². The Morgan fingerprint density at radius 1 is 1.33 bits per heavy atom. The van der Waals surface area contributed by atoms with Crippen LogP contribution >= 0.6 is 0 Å². The number of hydrogen-bond donors (Lipinski definition) is 2. The largest absolute Gasteiger partial charge is 0.480 e. The summed E-state index contributed by atoms with van der Waals surface area (Å²) in [7, 11) is 0. The summed E-state index contributed by atoms with van der Waals surface area (Å²) >= 11 is 0. The lowest BCUT2D eigenvalue weighted by atomic mass is 9.93. The Bertz CT molecular complexity index is 769. The van der Waals surface area contributed by atoms with Gasteiger partial charge in [-0.2, -0.15) is 0 Å². The van der Waals surface area contributed by atoms with Crippen LogP contribution in [0.25, 0.3) is 10.9 Å². The number of ether oxygens (including phenoxy) is 1. The molecular formula is C18H20N2O4. The minimum atomic E-state index is -1.04. The number of pyridine rings is 1. The smallest absolute Gasteiger partial charge is 0.326 e. The van der Waals surface area contributed by atoms with Gasteiger partial charge in [-0.25, -0.2) is 4.79 Å². The van der Waals surface area contributed by atoms with Gasteiger partial charge in [0.1, 0.15) is 6.04 Å². The van der Waals surface area contributed by atoms with E-state index in [1.165, 1.54) is 0 Å². The number of aryl methyl sites for hydroxylation is 1. The van der Waals surface area contributed by atoms with Crippen molar-refractivity contribution >= 4 is 22.8 Å². The van der Waals surface area contributed by atoms with Gasteiger partial charge in [-0.1, -0.05) is 18.2 Å². The highest BCUT2D eigenvalue weighted by Crippen LogP contribution is 2.20. The van der Waals surface area contributed by atoms with Crippen LogP contribution in [0.4, 0.5) is 0 Å². The van der Waals surface area contributed by atoms with Crippen molar-refractivity contribution in [3.63, 3.8) is 0 Å². The Balaban J connectivity index is 1.88. The minimum absolute atomic E-state index is 0.218. The van der Waals surface area contributed by atoms with Gasteiger partial charge < -0.3 is 15.2 Å². The van der Waals surface area contributed by atoms with E-state index in [4.69, 9.17) is 4.74 Å². The van der Waals surface area contributed by atoms with Crippen molar-refractivity contribution in [1.82, 2.24) is 10.3 Å². The molecule has 0 saturated carbocycles. The average molecular weight is 328 g/mol. The number of carbonyl (C=O) groups excluding carboxylic acids is 1. The Labute approximate surface area is 139 Å². The van der Waals surface area contributed by atoms with Crippen LogP contribution in [0.2, 0.25) is 0 Å². The van der Waals surface area contributed by atoms with E-state index in [9.17, 15) is 14.7 Å². The first-order valence-electron chi connectivity index (χ1n) is 8.04. The molecule has 2 N–H and O–H groups in total. The van der Waals surface area contributed by atoms with Gasteiger partial charge in [0, 0.05) is 23.6 Å². The second-order valence-electron chi connectivity index (χ2n) is 6.10. The van der Waals surface area contributed by atoms with Crippen molar-refractivity contribution in [2.45, 2.75) is 25.8 Å². The Kier molecular flexibility index (Phi) is 4.76. The van der Waals surface area contributed by atoms with E-state index in [2.05, 4.69) is 10.3 Å². The molecular weight excluding hydrogens is 308 g/mol. The maximum absolute atomic E-state index is 12.7. The molecule has 1 aromatic heterocycles. The highest BCUT2D eigenvalue weighted by atomic mass is 16.5. The molecule has 126 valence electrons. The highest BCUT2D eigenvalue weighted by molar-refractivity contribution is 6.06. The van der Waals surface area contributed by atoms with Crippen LogP contribution in [0.15, 0.2) is 30.3 Å². The number of fused-ring (bicyclic) bond motifs is 1. The molecule has 2 unspecified atom stereocenters. The third-order valence-electron chi connectivity index (χ3n) is 4.32. The number of carbonyl (C=O) groups is 2. The topological polar surface area (TPSA) is 88.5 Å². The number of benzene rings is 1. The third-order valence-corrected chi connectivity index (χ3v) is 4.32. The van der Waals surface area contributed by atoms with E-state index in [0.717, 1.165) is 23.9 Å². The second-order valence-corrected chi connectivity index (χ2v) is 6.10. The van der Waals surface area contributed by atoms with Gasteiger partial charge in [0.15, 0.2) is 0 Å². The Morgan fingerprint density at radius 3 is 2.88 bits per heavy atom. The summed E-state index contributed by atoms with van der Waals surface area (Å²) in [6.07, 6.45) is 1.53. The van der Waals surface area contributed by atoms with Crippen LogP contribution in [-0.2, 0) is 9.53 Å². The molecule has 0 bridgehead atoms. The summed E-state index contributed by atoms with van der Waals surface area (Å²) in [5, 5.41) is 13.0. The number of nitrogens with zero attached hydrogens (tertiary/aromatic N) is 1. The van der Waals surface area contributed by atoms with Crippen molar-refractivity contribution < 1.29 is 19.4 Å². The molecule has 1 aromatic carbocycles. The summed E-state index contributed by atoms with van der Waals surface area (Å²) in [6, 6.07) is 8.13. The fourth-order valence-electron chi connectivity index (χ4n) is 3.06. The maximum atomic E-state index is 12.7. The number of amides is 1. The summed E-state index contributed by atoms with van der Waals surface area (Å²) < 4.78 is 5.36. The highest BCUT2D eigenvalue weighted by Gasteiger charge is 2.32. The van der Waals surface area contributed by atoms with Crippen molar-refractivity contribution in [1.29, 1.82) is 0 Å². The number of nitrogens with one attached hydrogen (secondary N) is 1. The Morgan fingerprint density at radius 2 is 2.17 bits per heavy atom. The molecule has 1 aliphatic heterocycles. The molecule has 2 atom stereocenters. The fraction of sp³-hybridized carbons (Fsp3) is 0.389. The lowest BCUT2D eigenvalue weighted by Gasteiger charge is -2.28. The summed E-state index contributed by atoms with van der Waals surface area (Å²) in [5.41, 5.74) is 1.77. The number of rotatable bonds is 4. The molecule has 0 radical (unpaired) electrons. The minimum Gasteiger partial charge on any atom is -0.480 e. The first kappa shape index (κ1) is 16.4. The monoisotopic (exact) mass is 328 g/mol. The quantitative estimate of drug-likeness (QED) is 0.898. The molecule has 2 heterocycles. The second kappa shape index (κ2) is 6.97. The first-order chi connectivity index (χ1) is 11.6. The van der Waals surface area contributed by atoms with Crippen LogP contribution in [0.3, 0.4) is 0 Å². The maximum Gasteiger partial charge on any atom is 0.326 e. The zero-order valence-electron chi connectivity index (χ0n) is 13.5. The van der Waals surface area contributed by atoms with Crippen LogP contribution in [0.5, 0.6) is 0 Å². The molecule has 1 amide bonds. The predicted octanol–water partition coefficient (Wildman–Crippen LogP) is 2.15. The van der Waals surface area contributed by atoms with Gasteiger partial charge >= 0.3 is 5.97 Å². The lowest BCUT2D eigenvalue weighted by molar-refractivity contribution is -0.142. The van der Waals surface area contributed by atoms with Gasteiger partial charge in [0.2, 0.25) is 0 Å². The number of aromatic nitrogens is 1. The molecule has 2 aromatic rings. The third kappa shape index (κ3) is 3.38. The van der Waals surface area contributed by atoms with E-state index in [1.807, 2.05) is 25.1 Å². The summed E-state index contributed by atoms with van der Waals surface area (Å²) in [6.45, 7) is 2.85. The number of carboxylic acids is 1. The number of para-hydroxylation sites is 1. The lowest BCUT2D eigenvalue weighted by Crippen LogP contribution is -2.48. The van der Waals surface area contributed by atoms with Crippen molar-refractivity contribution in [2.75, 3.05) is 13.2 Å². The van der Waals surface area contributed by atoms with Crippen LogP contribution in [-0.4, -0.2) is 41.2 Å². The van der Waals surface area contributed by atoms with Crippen LogP contribution in [0, 0.1) is 12.8 Å². The molecule has 3 rings (SSSR count). The molecule has 6 nitrogen and oxygen atoms in total. The Hall–Kier alpha value is -2.47. The van der Waals surface area contributed by atoms with Crippen molar-refractivity contribution in [2.24, 2.45) is 5.92 Å². The van der Waals surface area contributed by atoms with E-state index in [-0.39, 0.29) is 5.92 Å². The normalized spacial score (nSPS) is 19.0. The molecule has 24 heavy (non-hydrogen) atoms. The van der Waals surface area contributed by atoms with Gasteiger partial charge in [-0.05, 0) is 31.9 Å². The molecule has 1 aliphatic rings. The van der Waals surface area contributed by atoms with Crippen LogP contribution in [0.1, 0.15) is 28.9 Å². The molecule has 1 fully saturated rings.